The highest BCUT2D eigenvalue weighted by molar-refractivity contribution is 9.10. The number of carbonyl (C=O) groups excluding carboxylic acids is 1. The van der Waals surface area contributed by atoms with Gasteiger partial charge in [0.2, 0.25) is 5.91 Å². The second-order valence-electron chi connectivity index (χ2n) is 4.76. The zero-order valence-electron chi connectivity index (χ0n) is 11.8. The van der Waals surface area contributed by atoms with Crippen LogP contribution in [0.2, 0.25) is 0 Å². The molecule has 0 unspecified atom stereocenters. The van der Waals surface area contributed by atoms with Crippen molar-refractivity contribution < 1.29 is 4.79 Å². The molecule has 6 heteroatoms. The van der Waals surface area contributed by atoms with Crippen LogP contribution in [-0.4, -0.2) is 10.9 Å². The normalized spacial score (nSPS) is 10.6. The van der Waals surface area contributed by atoms with Crippen molar-refractivity contribution in [1.82, 2.24) is 4.98 Å². The van der Waals surface area contributed by atoms with Gasteiger partial charge in [0.15, 0.2) is 0 Å². The summed E-state index contributed by atoms with van der Waals surface area (Å²) in [6, 6.07) is 9.76. The van der Waals surface area contributed by atoms with E-state index < -0.39 is 0 Å². The van der Waals surface area contributed by atoms with Crippen LogP contribution in [0.15, 0.2) is 45.6 Å². The number of thiophene rings is 1. The van der Waals surface area contributed by atoms with Crippen molar-refractivity contribution in [2.45, 2.75) is 13.3 Å². The number of aryl methyl sites for hydroxylation is 1. The summed E-state index contributed by atoms with van der Waals surface area (Å²) in [5, 5.41) is 7.77. The van der Waals surface area contributed by atoms with Gasteiger partial charge in [-0.15, -0.1) is 22.7 Å². The molecule has 2 heterocycles. The molecular weight excluding hydrogens is 380 g/mol. The molecule has 0 saturated carbocycles. The minimum atomic E-state index is -0.0413. The molecule has 0 saturated heterocycles. The van der Waals surface area contributed by atoms with Crippen LogP contribution in [0.1, 0.15) is 10.6 Å². The summed E-state index contributed by atoms with van der Waals surface area (Å²) < 4.78 is 1.04. The van der Waals surface area contributed by atoms with Crippen LogP contribution in [0, 0.1) is 6.92 Å². The smallest absolute Gasteiger partial charge is 0.231 e. The molecule has 0 spiro atoms. The topological polar surface area (TPSA) is 42.0 Å². The van der Waals surface area contributed by atoms with Crippen molar-refractivity contribution in [3.8, 4) is 10.6 Å². The summed E-state index contributed by atoms with van der Waals surface area (Å²) in [5.41, 5.74) is 2.83. The van der Waals surface area contributed by atoms with Gasteiger partial charge in [0.25, 0.3) is 0 Å². The first-order valence-corrected chi connectivity index (χ1v) is 9.22. The average molecular weight is 393 g/mol. The number of hydrogen-bond acceptors (Lipinski definition) is 4. The van der Waals surface area contributed by atoms with Crippen LogP contribution in [0.4, 0.5) is 5.69 Å². The van der Waals surface area contributed by atoms with Gasteiger partial charge < -0.3 is 5.32 Å². The van der Waals surface area contributed by atoms with Gasteiger partial charge in [0.05, 0.1) is 17.0 Å². The molecule has 1 amide bonds. The predicted octanol–water partition coefficient (Wildman–Crippen LogP) is 5.12. The molecular formula is C16H13BrN2OS2. The number of thiazole rings is 1. The fraction of sp³-hybridized carbons (Fsp3) is 0.125. The number of amides is 1. The van der Waals surface area contributed by atoms with E-state index >= 15 is 0 Å². The molecule has 3 nitrogen and oxygen atoms in total. The van der Waals surface area contributed by atoms with Gasteiger partial charge >= 0.3 is 0 Å². The standard InChI is InChI=1S/C16H13BrN2OS2/c1-10-4-2-3-5-12(10)18-14(20)8-15-19-13(9-22-15)16-11(17)6-7-21-16/h2-7,9H,8H2,1H3,(H,18,20). The van der Waals surface area contributed by atoms with E-state index in [1.54, 1.807) is 11.3 Å². The lowest BCUT2D eigenvalue weighted by atomic mass is 10.2. The van der Waals surface area contributed by atoms with Gasteiger partial charge in [-0.2, -0.15) is 0 Å². The lowest BCUT2D eigenvalue weighted by Gasteiger charge is -2.06. The van der Waals surface area contributed by atoms with Crippen LogP contribution in [-0.2, 0) is 11.2 Å². The maximum Gasteiger partial charge on any atom is 0.231 e. The molecule has 1 aromatic carbocycles. The molecule has 0 aliphatic carbocycles. The summed E-state index contributed by atoms with van der Waals surface area (Å²) in [6.07, 6.45) is 0.294. The molecule has 1 N–H and O–H groups in total. The maximum atomic E-state index is 12.1. The van der Waals surface area contributed by atoms with Gasteiger partial charge in [-0.3, -0.25) is 4.79 Å². The van der Waals surface area contributed by atoms with E-state index in [1.165, 1.54) is 11.3 Å². The number of para-hydroxylation sites is 1. The van der Waals surface area contributed by atoms with Crippen molar-refractivity contribution in [2.75, 3.05) is 5.32 Å². The highest BCUT2D eigenvalue weighted by Crippen LogP contribution is 2.34. The predicted molar refractivity (Wildman–Crippen MR) is 96.6 cm³/mol. The molecule has 0 aliphatic heterocycles. The van der Waals surface area contributed by atoms with E-state index in [1.807, 2.05) is 48.0 Å². The van der Waals surface area contributed by atoms with Crippen molar-refractivity contribution in [1.29, 1.82) is 0 Å². The molecule has 3 aromatic rings. The Bertz CT molecular complexity index is 810. The molecule has 0 radical (unpaired) electrons. The van der Waals surface area contributed by atoms with E-state index in [9.17, 15) is 4.79 Å². The summed E-state index contributed by atoms with van der Waals surface area (Å²) in [7, 11) is 0. The first kappa shape index (κ1) is 15.4. The lowest BCUT2D eigenvalue weighted by Crippen LogP contribution is -2.14. The molecule has 0 aliphatic rings. The second kappa shape index (κ2) is 6.73. The molecule has 0 fully saturated rings. The highest BCUT2D eigenvalue weighted by atomic mass is 79.9. The number of carbonyl (C=O) groups is 1. The number of nitrogens with zero attached hydrogens (tertiary/aromatic N) is 1. The van der Waals surface area contributed by atoms with Gasteiger partial charge in [-0.1, -0.05) is 18.2 Å². The Hall–Kier alpha value is -1.50. The monoisotopic (exact) mass is 392 g/mol. The number of aromatic nitrogens is 1. The Morgan fingerprint density at radius 2 is 2.09 bits per heavy atom. The molecule has 2 aromatic heterocycles. The van der Waals surface area contributed by atoms with E-state index in [0.717, 1.165) is 31.3 Å². The number of benzene rings is 1. The second-order valence-corrected chi connectivity index (χ2v) is 7.48. The summed E-state index contributed by atoms with van der Waals surface area (Å²) >= 11 is 6.66. The van der Waals surface area contributed by atoms with Gasteiger partial charge in [-0.25, -0.2) is 4.98 Å². The van der Waals surface area contributed by atoms with Gasteiger partial charge in [0.1, 0.15) is 5.01 Å². The van der Waals surface area contributed by atoms with Crippen molar-refractivity contribution in [3.63, 3.8) is 0 Å². The Balaban J connectivity index is 1.69. The lowest BCUT2D eigenvalue weighted by molar-refractivity contribution is -0.115. The van der Waals surface area contributed by atoms with Crippen molar-refractivity contribution in [2.24, 2.45) is 0 Å². The quantitative estimate of drug-likeness (QED) is 0.668. The van der Waals surface area contributed by atoms with Crippen LogP contribution >= 0.6 is 38.6 Å². The minimum Gasteiger partial charge on any atom is -0.325 e. The average Bonchev–Trinajstić information content (AvgIpc) is 3.10. The highest BCUT2D eigenvalue weighted by Gasteiger charge is 2.12. The van der Waals surface area contributed by atoms with Crippen LogP contribution < -0.4 is 5.32 Å². The van der Waals surface area contributed by atoms with Crippen LogP contribution in [0.25, 0.3) is 10.6 Å². The summed E-state index contributed by atoms with van der Waals surface area (Å²) in [6.45, 7) is 1.98. The fourth-order valence-corrected chi connectivity index (χ4v) is 4.41. The molecule has 3 rings (SSSR count). The Kier molecular flexibility index (Phi) is 4.71. The van der Waals surface area contributed by atoms with Crippen LogP contribution in [0.5, 0.6) is 0 Å². The summed E-state index contributed by atoms with van der Waals surface area (Å²) in [5.74, 6) is -0.0413. The third-order valence-corrected chi connectivity index (χ3v) is 5.84. The first-order valence-electron chi connectivity index (χ1n) is 6.67. The number of halogens is 1. The number of rotatable bonds is 4. The SMILES string of the molecule is Cc1ccccc1NC(=O)Cc1nc(-c2sccc2Br)cs1. The minimum absolute atomic E-state index is 0.0413. The van der Waals surface area contributed by atoms with E-state index in [4.69, 9.17) is 0 Å². The van der Waals surface area contributed by atoms with E-state index in [-0.39, 0.29) is 5.91 Å². The first-order chi connectivity index (χ1) is 10.6. The zero-order chi connectivity index (χ0) is 15.5. The molecule has 0 atom stereocenters. The number of hydrogen-bond donors (Lipinski definition) is 1. The van der Waals surface area contributed by atoms with E-state index in [0.29, 0.717) is 6.42 Å². The molecule has 112 valence electrons. The summed E-state index contributed by atoms with van der Waals surface area (Å²) in [4.78, 5) is 17.8. The Morgan fingerprint density at radius 3 is 2.82 bits per heavy atom. The number of nitrogens with one attached hydrogen (secondary N) is 1. The third kappa shape index (κ3) is 3.45. The van der Waals surface area contributed by atoms with E-state index in [2.05, 4.69) is 26.2 Å². The molecule has 22 heavy (non-hydrogen) atoms. The van der Waals surface area contributed by atoms with Gasteiger partial charge in [-0.05, 0) is 45.9 Å². The Morgan fingerprint density at radius 1 is 1.27 bits per heavy atom. The number of anilines is 1. The van der Waals surface area contributed by atoms with Gasteiger partial charge in [0, 0.05) is 15.5 Å². The van der Waals surface area contributed by atoms with Crippen molar-refractivity contribution in [3.05, 3.63) is 56.1 Å². The van der Waals surface area contributed by atoms with Crippen molar-refractivity contribution >= 4 is 50.2 Å². The van der Waals surface area contributed by atoms with Crippen LogP contribution in [0.3, 0.4) is 0 Å². The largest absolute Gasteiger partial charge is 0.325 e. The molecule has 0 bridgehead atoms. The zero-order valence-corrected chi connectivity index (χ0v) is 15.0. The fourth-order valence-electron chi connectivity index (χ4n) is 2.02. The maximum absolute atomic E-state index is 12.1. The third-order valence-electron chi connectivity index (χ3n) is 3.13. The Labute approximate surface area is 145 Å².